The van der Waals surface area contributed by atoms with E-state index in [1.165, 1.54) is 5.01 Å². The Hall–Kier alpha value is 0.230. The van der Waals surface area contributed by atoms with Crippen molar-refractivity contribution in [2.45, 2.75) is 0 Å². The fourth-order valence-corrected chi connectivity index (χ4v) is 0.456. The number of nitrogens with two attached hydrogens (primary N) is 1. The Morgan fingerprint density at radius 2 is 2.29 bits per heavy atom. The predicted octanol–water partition coefficient (Wildman–Crippen LogP) is -0.958. The van der Waals surface area contributed by atoms with Crippen molar-refractivity contribution in [1.29, 1.82) is 0 Å². The van der Waals surface area contributed by atoms with Crippen LogP contribution < -0.4 is 5.84 Å². The molecule has 0 aliphatic rings. The topological polar surface area (TPSA) is 49.5 Å². The minimum atomic E-state index is -0.0967. The van der Waals surface area contributed by atoms with Gasteiger partial charge in [0.2, 0.25) is 0 Å². The molecule has 3 N–H and O–H groups in total. The molecular weight excluding hydrogens is 112 g/mol. The van der Waals surface area contributed by atoms with Gasteiger partial charge in [0.1, 0.15) is 6.73 Å². The number of thiol groups is 1. The van der Waals surface area contributed by atoms with E-state index < -0.39 is 0 Å². The van der Waals surface area contributed by atoms with Gasteiger partial charge in [-0.3, -0.25) is 5.84 Å². The monoisotopic (exact) mass is 122 g/mol. The van der Waals surface area contributed by atoms with E-state index in [9.17, 15) is 0 Å². The normalized spacial score (nSPS) is 10.3. The molecule has 0 radical (unpaired) electrons. The van der Waals surface area contributed by atoms with Gasteiger partial charge in [-0.05, 0) is 0 Å². The van der Waals surface area contributed by atoms with Crippen LogP contribution in [0.1, 0.15) is 0 Å². The van der Waals surface area contributed by atoms with E-state index in [4.69, 9.17) is 10.9 Å². The molecule has 0 aliphatic carbocycles. The van der Waals surface area contributed by atoms with Gasteiger partial charge < -0.3 is 5.11 Å². The molecule has 7 heavy (non-hydrogen) atoms. The lowest BCUT2D eigenvalue weighted by atomic mass is 10.7. The molecule has 0 heterocycles. The quantitative estimate of drug-likeness (QED) is 0.196. The maximum Gasteiger partial charge on any atom is 0.108 e. The molecule has 0 aromatic rings. The summed E-state index contributed by atoms with van der Waals surface area (Å²) in [6, 6.07) is 0. The van der Waals surface area contributed by atoms with Gasteiger partial charge in [0.05, 0.1) is 0 Å². The highest BCUT2D eigenvalue weighted by atomic mass is 32.1. The van der Waals surface area contributed by atoms with Crippen molar-refractivity contribution in [2.75, 3.05) is 19.0 Å². The second-order valence-corrected chi connectivity index (χ2v) is 1.62. The van der Waals surface area contributed by atoms with Crippen molar-refractivity contribution < 1.29 is 5.11 Å². The zero-order valence-electron chi connectivity index (χ0n) is 4.04. The summed E-state index contributed by atoms with van der Waals surface area (Å²) in [6.07, 6.45) is 0. The molecule has 0 aromatic heterocycles. The average molecular weight is 122 g/mol. The molecule has 3 nitrogen and oxygen atoms in total. The van der Waals surface area contributed by atoms with E-state index >= 15 is 0 Å². The lowest BCUT2D eigenvalue weighted by molar-refractivity contribution is 0.115. The van der Waals surface area contributed by atoms with Crippen LogP contribution in [0.4, 0.5) is 0 Å². The summed E-state index contributed by atoms with van der Waals surface area (Å²) in [5.41, 5.74) is 0. The maximum absolute atomic E-state index is 8.23. The summed E-state index contributed by atoms with van der Waals surface area (Å²) < 4.78 is 0. The van der Waals surface area contributed by atoms with E-state index in [1.807, 2.05) is 0 Å². The minimum absolute atomic E-state index is 0.0967. The first kappa shape index (κ1) is 7.23. The summed E-state index contributed by atoms with van der Waals surface area (Å²) in [5, 5.41) is 9.52. The van der Waals surface area contributed by atoms with Crippen molar-refractivity contribution >= 4 is 12.6 Å². The van der Waals surface area contributed by atoms with Crippen LogP contribution >= 0.6 is 12.6 Å². The zero-order chi connectivity index (χ0) is 5.70. The number of hydrogen-bond acceptors (Lipinski definition) is 4. The number of rotatable bonds is 3. The van der Waals surface area contributed by atoms with Crippen LogP contribution in [0.5, 0.6) is 0 Å². The molecule has 0 spiro atoms. The zero-order valence-corrected chi connectivity index (χ0v) is 4.93. The highest BCUT2D eigenvalue weighted by molar-refractivity contribution is 7.80. The molecule has 4 heteroatoms. The van der Waals surface area contributed by atoms with Gasteiger partial charge in [-0.1, -0.05) is 0 Å². The molecule has 0 saturated heterocycles. The Morgan fingerprint density at radius 1 is 1.71 bits per heavy atom. The molecule has 0 fully saturated rings. The number of aliphatic hydroxyl groups excluding tert-OH is 1. The Labute approximate surface area is 48.5 Å². The highest BCUT2D eigenvalue weighted by Gasteiger charge is 1.88. The van der Waals surface area contributed by atoms with Crippen molar-refractivity contribution in [2.24, 2.45) is 5.84 Å². The third kappa shape index (κ3) is 4.08. The Balaban J connectivity index is 2.83. The lowest BCUT2D eigenvalue weighted by Crippen LogP contribution is -2.33. The van der Waals surface area contributed by atoms with Gasteiger partial charge in [0.25, 0.3) is 0 Å². The third-order valence-corrected chi connectivity index (χ3v) is 0.769. The van der Waals surface area contributed by atoms with E-state index in [-0.39, 0.29) is 6.73 Å². The van der Waals surface area contributed by atoms with Gasteiger partial charge in [-0.15, -0.1) is 0 Å². The van der Waals surface area contributed by atoms with Crippen molar-refractivity contribution in [3.63, 3.8) is 0 Å². The van der Waals surface area contributed by atoms with Gasteiger partial charge in [-0.2, -0.15) is 12.6 Å². The fraction of sp³-hybridized carbons (Fsp3) is 1.00. The molecule has 0 amide bonds. The fourth-order valence-electron chi connectivity index (χ4n) is 0.199. The van der Waals surface area contributed by atoms with Crippen LogP contribution in [-0.4, -0.2) is 29.1 Å². The van der Waals surface area contributed by atoms with Crippen molar-refractivity contribution in [1.82, 2.24) is 5.01 Å². The lowest BCUT2D eigenvalue weighted by Gasteiger charge is -2.08. The smallest absolute Gasteiger partial charge is 0.108 e. The molecule has 0 saturated carbocycles. The first-order valence-electron chi connectivity index (χ1n) is 2.02. The Kier molecular flexibility index (Phi) is 4.53. The van der Waals surface area contributed by atoms with Crippen LogP contribution in [0.3, 0.4) is 0 Å². The minimum Gasteiger partial charge on any atom is -0.380 e. The molecule has 0 rings (SSSR count). The van der Waals surface area contributed by atoms with E-state index in [1.54, 1.807) is 0 Å². The van der Waals surface area contributed by atoms with Crippen LogP contribution in [0.2, 0.25) is 0 Å². The van der Waals surface area contributed by atoms with Crippen LogP contribution in [0, 0.1) is 0 Å². The SMILES string of the molecule is NN(CO)CCS. The number of hydrazine groups is 1. The molecule has 0 unspecified atom stereocenters. The first-order chi connectivity index (χ1) is 3.31. The van der Waals surface area contributed by atoms with Gasteiger partial charge >= 0.3 is 0 Å². The maximum atomic E-state index is 8.23. The predicted molar refractivity (Wildman–Crippen MR) is 31.8 cm³/mol. The van der Waals surface area contributed by atoms with Gasteiger partial charge in [-0.25, -0.2) is 5.01 Å². The molecule has 0 bridgehead atoms. The van der Waals surface area contributed by atoms with Crippen molar-refractivity contribution in [3.8, 4) is 0 Å². The molecule has 0 atom stereocenters. The third-order valence-electron chi connectivity index (χ3n) is 0.569. The number of aliphatic hydroxyl groups is 1. The number of nitrogens with zero attached hydrogens (tertiary/aromatic N) is 1. The summed E-state index contributed by atoms with van der Waals surface area (Å²) in [4.78, 5) is 0. The molecule has 44 valence electrons. The van der Waals surface area contributed by atoms with Crippen LogP contribution in [0.15, 0.2) is 0 Å². The van der Waals surface area contributed by atoms with Crippen LogP contribution in [-0.2, 0) is 0 Å². The van der Waals surface area contributed by atoms with E-state index in [2.05, 4.69) is 12.6 Å². The standard InChI is InChI=1S/C3H10N2OS/c4-5(3-6)1-2-7/h6-7H,1-4H2. The summed E-state index contributed by atoms with van der Waals surface area (Å²) in [5.74, 6) is 5.80. The second-order valence-electron chi connectivity index (χ2n) is 1.18. The molecule has 0 aliphatic heterocycles. The van der Waals surface area contributed by atoms with Crippen molar-refractivity contribution in [3.05, 3.63) is 0 Å². The largest absolute Gasteiger partial charge is 0.380 e. The van der Waals surface area contributed by atoms with E-state index in [0.717, 1.165) is 0 Å². The second kappa shape index (κ2) is 4.39. The average Bonchev–Trinajstić information content (AvgIpc) is 1.68. The highest BCUT2D eigenvalue weighted by Crippen LogP contribution is 1.75. The Morgan fingerprint density at radius 3 is 2.43 bits per heavy atom. The molecular formula is C3H10N2OS. The number of hydrogen-bond donors (Lipinski definition) is 3. The van der Waals surface area contributed by atoms with E-state index in [0.29, 0.717) is 12.3 Å². The summed E-state index contributed by atoms with van der Waals surface area (Å²) in [6.45, 7) is 0.528. The summed E-state index contributed by atoms with van der Waals surface area (Å²) in [7, 11) is 0. The van der Waals surface area contributed by atoms with Gasteiger partial charge in [0, 0.05) is 12.3 Å². The van der Waals surface area contributed by atoms with Crippen LogP contribution in [0.25, 0.3) is 0 Å². The first-order valence-corrected chi connectivity index (χ1v) is 2.66. The van der Waals surface area contributed by atoms with Gasteiger partial charge in [0.15, 0.2) is 0 Å². The summed E-state index contributed by atoms with van der Waals surface area (Å²) >= 11 is 3.88. The Bertz CT molecular complexity index is 43.9. The molecule has 0 aromatic carbocycles.